The highest BCUT2D eigenvalue weighted by molar-refractivity contribution is 7.83. The van der Waals surface area contributed by atoms with Gasteiger partial charge < -0.3 is 0 Å². The second-order valence-corrected chi connectivity index (χ2v) is 2.80. The molecule has 1 aromatic rings. The fourth-order valence-electron chi connectivity index (χ4n) is 0.947. The van der Waals surface area contributed by atoms with E-state index in [1.807, 2.05) is 24.3 Å². The molecule has 12 heavy (non-hydrogen) atoms. The summed E-state index contributed by atoms with van der Waals surface area (Å²) in [4.78, 5) is 11.0. The average Bonchev–Trinajstić information content (AvgIpc) is 2.05. The molecule has 0 radical (unpaired) electrons. The van der Waals surface area contributed by atoms with E-state index in [2.05, 4.69) is 12.6 Å². The summed E-state index contributed by atoms with van der Waals surface area (Å²) in [5.41, 5.74) is 1.73. The lowest BCUT2D eigenvalue weighted by Gasteiger charge is -1.96. The summed E-state index contributed by atoms with van der Waals surface area (Å²) in [6.45, 7) is 1.56. The van der Waals surface area contributed by atoms with Crippen LogP contribution in [0.3, 0.4) is 0 Å². The molecule has 2 heteroatoms. The molecule has 0 aliphatic rings. The lowest BCUT2D eigenvalue weighted by molar-refractivity contribution is 0.101. The molecule has 0 fully saturated rings. The third-order valence-corrected chi connectivity index (χ3v) is 1.71. The van der Waals surface area contributed by atoms with Crippen LogP contribution >= 0.6 is 12.6 Å². The first-order valence-electron chi connectivity index (χ1n) is 3.66. The SMILES string of the molecule is CC(=O)c1cccc(/C=C/S)c1. The first-order valence-corrected chi connectivity index (χ1v) is 4.17. The van der Waals surface area contributed by atoms with Gasteiger partial charge in [-0.25, -0.2) is 0 Å². The average molecular weight is 178 g/mol. The zero-order chi connectivity index (χ0) is 8.97. The summed E-state index contributed by atoms with van der Waals surface area (Å²) in [5.74, 6) is 0.0874. The Hall–Kier alpha value is -1.02. The molecule has 0 aliphatic carbocycles. The molecule has 0 atom stereocenters. The van der Waals surface area contributed by atoms with E-state index in [1.165, 1.54) is 0 Å². The molecule has 0 amide bonds. The maximum absolute atomic E-state index is 11.0. The number of Topliss-reactive ketones (excluding diaryl/α,β-unsaturated/α-hetero) is 1. The van der Waals surface area contributed by atoms with Gasteiger partial charge in [-0.1, -0.05) is 18.2 Å². The van der Waals surface area contributed by atoms with Crippen molar-refractivity contribution in [1.82, 2.24) is 0 Å². The number of carbonyl (C=O) groups excluding carboxylic acids is 1. The van der Waals surface area contributed by atoms with E-state index >= 15 is 0 Å². The van der Waals surface area contributed by atoms with Crippen molar-refractivity contribution in [3.05, 3.63) is 40.8 Å². The summed E-state index contributed by atoms with van der Waals surface area (Å²) in [6, 6.07) is 7.44. The topological polar surface area (TPSA) is 17.1 Å². The van der Waals surface area contributed by atoms with Gasteiger partial charge in [0.25, 0.3) is 0 Å². The fraction of sp³-hybridized carbons (Fsp3) is 0.100. The third kappa shape index (κ3) is 2.24. The van der Waals surface area contributed by atoms with Gasteiger partial charge in [-0.15, -0.1) is 0 Å². The molecule has 1 rings (SSSR count). The van der Waals surface area contributed by atoms with Crippen molar-refractivity contribution >= 4 is 24.5 Å². The van der Waals surface area contributed by atoms with Gasteiger partial charge >= 0.3 is 0 Å². The van der Waals surface area contributed by atoms with Crippen molar-refractivity contribution in [3.63, 3.8) is 0 Å². The highest BCUT2D eigenvalue weighted by atomic mass is 32.1. The second-order valence-electron chi connectivity index (χ2n) is 2.50. The molecule has 0 aliphatic heterocycles. The van der Waals surface area contributed by atoms with E-state index in [0.717, 1.165) is 11.1 Å². The number of ketones is 1. The van der Waals surface area contributed by atoms with E-state index in [-0.39, 0.29) is 5.78 Å². The number of thiol groups is 1. The monoisotopic (exact) mass is 178 g/mol. The predicted molar refractivity (Wildman–Crippen MR) is 54.5 cm³/mol. The molecular weight excluding hydrogens is 168 g/mol. The molecule has 0 bridgehead atoms. The van der Waals surface area contributed by atoms with Gasteiger partial charge in [0.05, 0.1) is 0 Å². The Bertz CT molecular complexity index is 315. The van der Waals surface area contributed by atoms with E-state index in [9.17, 15) is 4.79 Å². The maximum Gasteiger partial charge on any atom is 0.159 e. The maximum atomic E-state index is 11.0. The van der Waals surface area contributed by atoms with Crippen LogP contribution in [-0.2, 0) is 0 Å². The molecule has 0 saturated heterocycles. The normalized spacial score (nSPS) is 10.5. The van der Waals surface area contributed by atoms with Crippen molar-refractivity contribution in [1.29, 1.82) is 0 Å². The van der Waals surface area contributed by atoms with Crippen LogP contribution in [0.15, 0.2) is 29.7 Å². The summed E-state index contributed by atoms with van der Waals surface area (Å²) in [6.07, 6.45) is 1.84. The van der Waals surface area contributed by atoms with Crippen LogP contribution < -0.4 is 0 Å². The molecule has 1 aromatic carbocycles. The molecule has 0 unspecified atom stereocenters. The lowest BCUT2D eigenvalue weighted by Crippen LogP contribution is -1.90. The molecular formula is C10H10OS. The van der Waals surface area contributed by atoms with Gasteiger partial charge in [0.1, 0.15) is 0 Å². The molecule has 1 nitrogen and oxygen atoms in total. The fourth-order valence-corrected chi connectivity index (χ4v) is 1.12. The summed E-state index contributed by atoms with van der Waals surface area (Å²) < 4.78 is 0. The standard InChI is InChI=1S/C10H10OS/c1-8(11)10-4-2-3-9(7-10)5-6-12/h2-7,12H,1H3/b6-5+. The zero-order valence-electron chi connectivity index (χ0n) is 6.82. The van der Waals surface area contributed by atoms with E-state index < -0.39 is 0 Å². The minimum Gasteiger partial charge on any atom is -0.295 e. The smallest absolute Gasteiger partial charge is 0.159 e. The highest BCUT2D eigenvalue weighted by Crippen LogP contribution is 2.07. The van der Waals surface area contributed by atoms with Crippen molar-refractivity contribution in [3.8, 4) is 0 Å². The molecule has 0 saturated carbocycles. The van der Waals surface area contributed by atoms with Crippen LogP contribution in [0.1, 0.15) is 22.8 Å². The van der Waals surface area contributed by atoms with E-state index in [0.29, 0.717) is 0 Å². The minimum atomic E-state index is 0.0874. The number of hydrogen-bond donors (Lipinski definition) is 1. The Morgan fingerprint density at radius 1 is 1.50 bits per heavy atom. The summed E-state index contributed by atoms with van der Waals surface area (Å²) >= 11 is 3.95. The van der Waals surface area contributed by atoms with Gasteiger partial charge in [-0.3, -0.25) is 4.79 Å². The third-order valence-electron chi connectivity index (χ3n) is 1.56. The first kappa shape index (κ1) is 9.07. The van der Waals surface area contributed by atoms with E-state index in [1.54, 1.807) is 18.4 Å². The Labute approximate surface area is 77.5 Å². The number of carbonyl (C=O) groups is 1. The van der Waals surface area contributed by atoms with Crippen LogP contribution in [0.2, 0.25) is 0 Å². The van der Waals surface area contributed by atoms with Gasteiger partial charge in [0.2, 0.25) is 0 Å². The molecule has 0 aromatic heterocycles. The van der Waals surface area contributed by atoms with Gasteiger partial charge in [-0.05, 0) is 30.0 Å². The van der Waals surface area contributed by atoms with Crippen molar-refractivity contribution in [2.45, 2.75) is 6.92 Å². The highest BCUT2D eigenvalue weighted by Gasteiger charge is 1.97. The number of hydrogen-bond acceptors (Lipinski definition) is 2. The van der Waals surface area contributed by atoms with Crippen molar-refractivity contribution in [2.75, 3.05) is 0 Å². The van der Waals surface area contributed by atoms with Gasteiger partial charge in [0, 0.05) is 5.56 Å². The second kappa shape index (κ2) is 4.12. The Morgan fingerprint density at radius 2 is 2.25 bits per heavy atom. The molecule has 0 N–H and O–H groups in total. The molecule has 62 valence electrons. The van der Waals surface area contributed by atoms with Crippen LogP contribution in [0, 0.1) is 0 Å². The Morgan fingerprint density at radius 3 is 2.83 bits per heavy atom. The minimum absolute atomic E-state index is 0.0874. The summed E-state index contributed by atoms with van der Waals surface area (Å²) in [7, 11) is 0. The number of benzene rings is 1. The largest absolute Gasteiger partial charge is 0.295 e. The van der Waals surface area contributed by atoms with Crippen molar-refractivity contribution in [2.24, 2.45) is 0 Å². The first-order chi connectivity index (χ1) is 5.74. The quantitative estimate of drug-likeness (QED) is 0.544. The molecule has 0 spiro atoms. The molecule has 0 heterocycles. The Kier molecular flexibility index (Phi) is 3.11. The number of rotatable bonds is 2. The zero-order valence-corrected chi connectivity index (χ0v) is 7.71. The van der Waals surface area contributed by atoms with Gasteiger partial charge in [0.15, 0.2) is 5.78 Å². The Balaban J connectivity index is 3.03. The van der Waals surface area contributed by atoms with Crippen LogP contribution in [-0.4, -0.2) is 5.78 Å². The van der Waals surface area contributed by atoms with Crippen LogP contribution in [0.25, 0.3) is 6.08 Å². The lowest BCUT2D eigenvalue weighted by atomic mass is 10.1. The van der Waals surface area contributed by atoms with Crippen molar-refractivity contribution < 1.29 is 4.79 Å². The van der Waals surface area contributed by atoms with E-state index in [4.69, 9.17) is 0 Å². The van der Waals surface area contributed by atoms with Crippen LogP contribution in [0.4, 0.5) is 0 Å². The van der Waals surface area contributed by atoms with Crippen LogP contribution in [0.5, 0.6) is 0 Å². The predicted octanol–water partition coefficient (Wildman–Crippen LogP) is 2.79. The summed E-state index contributed by atoms with van der Waals surface area (Å²) in [5, 5.41) is 1.65. The van der Waals surface area contributed by atoms with Gasteiger partial charge in [-0.2, -0.15) is 12.6 Å².